The topological polar surface area (TPSA) is 9.72 Å². The second kappa shape index (κ2) is 7.48. The molecule has 21 heavy (non-hydrogen) atoms. The van der Waals surface area contributed by atoms with Gasteiger partial charge in [-0.2, -0.15) is 0 Å². The Hall–Kier alpha value is -0.770. The third-order valence-corrected chi connectivity index (χ3v) is 4.92. The number of hydrogen-bond donors (Lipinski definition) is 0. The van der Waals surface area contributed by atoms with Crippen LogP contribution < -0.4 is 4.90 Å². The summed E-state index contributed by atoms with van der Waals surface area (Å²) < 4.78 is 0. The highest BCUT2D eigenvalue weighted by atomic mass is 35.5. The number of piperidine rings is 1. The van der Waals surface area contributed by atoms with E-state index < -0.39 is 0 Å². The molecule has 0 bridgehead atoms. The van der Waals surface area contributed by atoms with Gasteiger partial charge in [-0.15, -0.1) is 11.6 Å². The second-order valence-corrected chi connectivity index (χ2v) is 6.95. The Labute approximate surface area is 134 Å². The van der Waals surface area contributed by atoms with Crippen molar-refractivity contribution in [2.75, 3.05) is 52.7 Å². The van der Waals surface area contributed by atoms with E-state index in [0.29, 0.717) is 6.04 Å². The van der Waals surface area contributed by atoms with E-state index in [1.165, 1.54) is 37.2 Å². The van der Waals surface area contributed by atoms with Crippen molar-refractivity contribution in [1.29, 1.82) is 0 Å². The van der Waals surface area contributed by atoms with E-state index >= 15 is 0 Å². The normalized spacial score (nSPS) is 19.0. The Morgan fingerprint density at radius 1 is 1.14 bits per heavy atom. The molecule has 4 heteroatoms. The smallest absolute Gasteiger partial charge is 0.0712 e. The first kappa shape index (κ1) is 16.6. The van der Waals surface area contributed by atoms with Crippen LogP contribution in [0.4, 0.5) is 5.69 Å². The number of nitrogens with zero attached hydrogens (tertiary/aromatic N) is 3. The number of likely N-dealkylation sites (tertiary alicyclic amines) is 1. The maximum Gasteiger partial charge on any atom is 0.0712 e. The van der Waals surface area contributed by atoms with Gasteiger partial charge in [-0.05, 0) is 57.7 Å². The molecule has 3 nitrogen and oxygen atoms in total. The summed E-state index contributed by atoms with van der Waals surface area (Å²) in [5, 5.41) is 0.0610. The third kappa shape index (κ3) is 4.60. The fraction of sp³-hybridized carbons (Fsp3) is 0.647. The lowest BCUT2D eigenvalue weighted by molar-refractivity contribution is 0.144. The van der Waals surface area contributed by atoms with Gasteiger partial charge >= 0.3 is 0 Å². The quantitative estimate of drug-likeness (QED) is 0.774. The van der Waals surface area contributed by atoms with Gasteiger partial charge in [0, 0.05) is 32.4 Å². The van der Waals surface area contributed by atoms with Gasteiger partial charge < -0.3 is 14.7 Å². The summed E-state index contributed by atoms with van der Waals surface area (Å²) in [7, 11) is 8.52. The van der Waals surface area contributed by atoms with Gasteiger partial charge in [-0.1, -0.05) is 12.1 Å². The lowest BCUT2D eigenvalue weighted by atomic mass is 10.0. The van der Waals surface area contributed by atoms with Crippen LogP contribution in [0, 0.1) is 0 Å². The van der Waals surface area contributed by atoms with Crippen LogP contribution in [0.3, 0.4) is 0 Å². The van der Waals surface area contributed by atoms with Crippen molar-refractivity contribution >= 4 is 17.3 Å². The molecule has 1 saturated heterocycles. The van der Waals surface area contributed by atoms with Gasteiger partial charge in [0.05, 0.1) is 5.38 Å². The van der Waals surface area contributed by atoms with Gasteiger partial charge in [0.1, 0.15) is 0 Å². The number of hydrogen-bond acceptors (Lipinski definition) is 3. The van der Waals surface area contributed by atoms with E-state index in [1.54, 1.807) is 0 Å². The van der Waals surface area contributed by atoms with Crippen molar-refractivity contribution in [1.82, 2.24) is 9.80 Å². The zero-order valence-electron chi connectivity index (χ0n) is 13.7. The largest absolute Gasteiger partial charge is 0.378 e. The van der Waals surface area contributed by atoms with Crippen LogP contribution in [0.5, 0.6) is 0 Å². The number of rotatable bonds is 5. The zero-order valence-corrected chi connectivity index (χ0v) is 14.5. The Morgan fingerprint density at radius 3 is 2.24 bits per heavy atom. The van der Waals surface area contributed by atoms with Gasteiger partial charge in [-0.25, -0.2) is 0 Å². The van der Waals surface area contributed by atoms with Crippen molar-refractivity contribution in [3.8, 4) is 0 Å². The molecule has 1 fully saturated rings. The summed E-state index contributed by atoms with van der Waals surface area (Å²) in [6.45, 7) is 3.30. The molecular formula is C17H28ClN3. The van der Waals surface area contributed by atoms with Crippen molar-refractivity contribution in [3.63, 3.8) is 0 Å². The van der Waals surface area contributed by atoms with Crippen LogP contribution in [-0.2, 0) is 0 Å². The summed E-state index contributed by atoms with van der Waals surface area (Å²) in [5.41, 5.74) is 2.42. The molecule has 0 saturated carbocycles. The summed E-state index contributed by atoms with van der Waals surface area (Å²) >= 11 is 6.62. The van der Waals surface area contributed by atoms with E-state index in [0.717, 1.165) is 6.54 Å². The predicted molar refractivity (Wildman–Crippen MR) is 92.5 cm³/mol. The van der Waals surface area contributed by atoms with Gasteiger partial charge in [-0.3, -0.25) is 0 Å². The molecule has 0 spiro atoms. The van der Waals surface area contributed by atoms with Crippen LogP contribution in [-0.4, -0.2) is 63.7 Å². The first-order chi connectivity index (χ1) is 9.97. The standard InChI is InChI=1S/C17H28ClN3/c1-19(2)15-7-5-14(6-8-15)17(18)13-21(4)16-9-11-20(3)12-10-16/h5-8,16-17H,9-13H2,1-4H3. The molecule has 2 rings (SSSR count). The molecule has 0 radical (unpaired) electrons. The molecule has 1 aromatic carbocycles. The Kier molecular flexibility index (Phi) is 5.91. The van der Waals surface area contributed by atoms with Crippen LogP contribution in [0.1, 0.15) is 23.8 Å². The third-order valence-electron chi connectivity index (χ3n) is 4.53. The number of likely N-dealkylation sites (N-methyl/N-ethyl adjacent to an activating group) is 1. The maximum atomic E-state index is 6.62. The fourth-order valence-corrected chi connectivity index (χ4v) is 3.29. The van der Waals surface area contributed by atoms with Crippen LogP contribution in [0.15, 0.2) is 24.3 Å². The maximum absolute atomic E-state index is 6.62. The van der Waals surface area contributed by atoms with E-state index in [9.17, 15) is 0 Å². The molecule has 1 heterocycles. The predicted octanol–water partition coefficient (Wildman–Crippen LogP) is 3.06. The van der Waals surface area contributed by atoms with Crippen molar-refractivity contribution in [2.24, 2.45) is 0 Å². The van der Waals surface area contributed by atoms with Crippen LogP contribution in [0.25, 0.3) is 0 Å². The van der Waals surface area contributed by atoms with Gasteiger partial charge in [0.15, 0.2) is 0 Å². The fourth-order valence-electron chi connectivity index (χ4n) is 2.92. The van der Waals surface area contributed by atoms with Crippen LogP contribution >= 0.6 is 11.6 Å². The summed E-state index contributed by atoms with van der Waals surface area (Å²) in [6.07, 6.45) is 2.49. The highest BCUT2D eigenvalue weighted by Crippen LogP contribution is 2.25. The molecule has 1 aliphatic rings. The van der Waals surface area contributed by atoms with Crippen molar-refractivity contribution in [3.05, 3.63) is 29.8 Å². The summed E-state index contributed by atoms with van der Waals surface area (Å²) in [5.74, 6) is 0. The van der Waals surface area contributed by atoms with Gasteiger partial charge in [0.25, 0.3) is 0 Å². The molecular weight excluding hydrogens is 282 g/mol. The Balaban J connectivity index is 1.89. The first-order valence-electron chi connectivity index (χ1n) is 7.77. The number of anilines is 1. The van der Waals surface area contributed by atoms with E-state index in [4.69, 9.17) is 11.6 Å². The molecule has 1 aromatic rings. The lowest BCUT2D eigenvalue weighted by Crippen LogP contribution is -2.42. The van der Waals surface area contributed by atoms with Crippen LogP contribution in [0.2, 0.25) is 0 Å². The monoisotopic (exact) mass is 309 g/mol. The minimum Gasteiger partial charge on any atom is -0.378 e. The molecule has 0 N–H and O–H groups in total. The molecule has 0 amide bonds. The minimum absolute atomic E-state index is 0.0610. The summed E-state index contributed by atoms with van der Waals surface area (Å²) in [6, 6.07) is 9.24. The van der Waals surface area contributed by atoms with Gasteiger partial charge in [0.2, 0.25) is 0 Å². The second-order valence-electron chi connectivity index (χ2n) is 6.43. The molecule has 0 aliphatic carbocycles. The molecule has 0 aromatic heterocycles. The molecule has 1 unspecified atom stereocenters. The average molecular weight is 310 g/mol. The first-order valence-corrected chi connectivity index (χ1v) is 8.21. The Bertz CT molecular complexity index is 424. The zero-order chi connectivity index (χ0) is 15.4. The number of benzene rings is 1. The Morgan fingerprint density at radius 2 is 1.71 bits per heavy atom. The van der Waals surface area contributed by atoms with E-state index in [-0.39, 0.29) is 5.38 Å². The van der Waals surface area contributed by atoms with E-state index in [1.807, 2.05) is 0 Å². The minimum atomic E-state index is 0.0610. The van der Waals surface area contributed by atoms with Crippen molar-refractivity contribution < 1.29 is 0 Å². The highest BCUT2D eigenvalue weighted by molar-refractivity contribution is 6.21. The molecule has 1 atom stereocenters. The summed E-state index contributed by atoms with van der Waals surface area (Å²) in [4.78, 5) is 6.95. The lowest BCUT2D eigenvalue weighted by Gasteiger charge is -2.36. The molecule has 1 aliphatic heterocycles. The van der Waals surface area contributed by atoms with E-state index in [2.05, 4.69) is 67.2 Å². The highest BCUT2D eigenvalue weighted by Gasteiger charge is 2.22. The molecule has 118 valence electrons. The number of halogens is 1. The van der Waals surface area contributed by atoms with Crippen molar-refractivity contribution in [2.45, 2.75) is 24.3 Å². The average Bonchev–Trinajstić information content (AvgIpc) is 2.47. The number of alkyl halides is 1. The SMILES string of the molecule is CN1CCC(N(C)CC(Cl)c2ccc(N(C)C)cc2)CC1.